The average Bonchev–Trinajstić information content (AvgIpc) is 2.40. The number of benzene rings is 1. The van der Waals surface area contributed by atoms with Crippen LogP contribution in [0.3, 0.4) is 0 Å². The highest BCUT2D eigenvalue weighted by Crippen LogP contribution is 2.38. The number of fused-ring (bicyclic) bond motifs is 1. The molecule has 0 spiro atoms. The van der Waals surface area contributed by atoms with E-state index in [2.05, 4.69) is 0 Å². The molecule has 3 nitrogen and oxygen atoms in total. The van der Waals surface area contributed by atoms with E-state index in [9.17, 15) is 4.79 Å². The van der Waals surface area contributed by atoms with Crippen LogP contribution in [0.1, 0.15) is 43.6 Å². The van der Waals surface area contributed by atoms with Gasteiger partial charge in [0.2, 0.25) is 0 Å². The Hall–Kier alpha value is -1.77. The van der Waals surface area contributed by atoms with Crippen molar-refractivity contribution in [3.05, 3.63) is 40.1 Å². The molecular weight excluding hydrogens is 226 g/mol. The maximum Gasteiger partial charge on any atom is 0.190 e. The van der Waals surface area contributed by atoms with Crippen LogP contribution in [-0.4, -0.2) is 0 Å². The van der Waals surface area contributed by atoms with Gasteiger partial charge in [0.25, 0.3) is 0 Å². The largest absolute Gasteiger partial charge is 0.441 e. The molecule has 2 N–H and O–H groups in total. The summed E-state index contributed by atoms with van der Waals surface area (Å²) in [5, 5.41) is 0. The van der Waals surface area contributed by atoms with Crippen molar-refractivity contribution in [2.75, 3.05) is 5.73 Å². The van der Waals surface area contributed by atoms with Gasteiger partial charge in [0, 0.05) is 0 Å². The number of rotatable bonds is 1. The minimum atomic E-state index is 0.00769. The molecule has 0 atom stereocenters. The second-order valence-electron chi connectivity index (χ2n) is 5.07. The SMILES string of the molecule is Nc1ccc2c(=O)ccc(C3CCCCC3)c-2o1. The third-order valence-electron chi connectivity index (χ3n) is 3.87. The van der Waals surface area contributed by atoms with Gasteiger partial charge in [0.15, 0.2) is 11.3 Å². The van der Waals surface area contributed by atoms with Gasteiger partial charge in [-0.15, -0.1) is 0 Å². The van der Waals surface area contributed by atoms with Crippen LogP contribution in [0.15, 0.2) is 33.5 Å². The fraction of sp³-hybridized carbons (Fsp3) is 0.400. The summed E-state index contributed by atoms with van der Waals surface area (Å²) in [6.07, 6.45) is 6.18. The Morgan fingerprint density at radius 2 is 1.83 bits per heavy atom. The molecule has 0 amide bonds. The molecule has 18 heavy (non-hydrogen) atoms. The van der Waals surface area contributed by atoms with Crippen molar-refractivity contribution in [2.24, 2.45) is 0 Å². The summed E-state index contributed by atoms with van der Waals surface area (Å²) in [7, 11) is 0. The van der Waals surface area contributed by atoms with Crippen molar-refractivity contribution < 1.29 is 4.42 Å². The summed E-state index contributed by atoms with van der Waals surface area (Å²) in [5.41, 5.74) is 7.51. The lowest BCUT2D eigenvalue weighted by molar-refractivity contribution is 0.436. The van der Waals surface area contributed by atoms with E-state index < -0.39 is 0 Å². The zero-order chi connectivity index (χ0) is 12.5. The molecule has 1 heterocycles. The summed E-state index contributed by atoms with van der Waals surface area (Å²) < 4.78 is 5.60. The molecule has 2 aliphatic carbocycles. The van der Waals surface area contributed by atoms with Crippen molar-refractivity contribution in [3.63, 3.8) is 0 Å². The minimum Gasteiger partial charge on any atom is -0.441 e. The summed E-state index contributed by atoms with van der Waals surface area (Å²) in [5.74, 6) is 1.56. The molecule has 0 aromatic heterocycles. The molecule has 1 saturated carbocycles. The monoisotopic (exact) mass is 243 g/mol. The van der Waals surface area contributed by atoms with Gasteiger partial charge in [-0.3, -0.25) is 4.79 Å². The lowest BCUT2D eigenvalue weighted by Crippen LogP contribution is -2.12. The number of anilines is 1. The molecule has 0 radical (unpaired) electrons. The molecule has 1 fully saturated rings. The quantitative estimate of drug-likeness (QED) is 0.835. The predicted octanol–water partition coefficient (Wildman–Crippen LogP) is 3.37. The van der Waals surface area contributed by atoms with Crippen molar-refractivity contribution in [1.82, 2.24) is 0 Å². The van der Waals surface area contributed by atoms with Crippen LogP contribution in [0.2, 0.25) is 0 Å². The molecule has 3 rings (SSSR count). The molecule has 0 aromatic rings. The van der Waals surface area contributed by atoms with E-state index in [1.165, 1.54) is 32.1 Å². The smallest absolute Gasteiger partial charge is 0.190 e. The maximum absolute atomic E-state index is 11.8. The van der Waals surface area contributed by atoms with Crippen molar-refractivity contribution in [3.8, 4) is 11.3 Å². The first-order chi connectivity index (χ1) is 8.75. The molecule has 0 bridgehead atoms. The second kappa shape index (κ2) is 4.48. The third-order valence-corrected chi connectivity index (χ3v) is 3.87. The van der Waals surface area contributed by atoms with E-state index in [1.807, 2.05) is 6.07 Å². The second-order valence-corrected chi connectivity index (χ2v) is 5.07. The number of hydrogen-bond donors (Lipinski definition) is 1. The normalized spacial score (nSPS) is 17.1. The Kier molecular flexibility index (Phi) is 2.82. The van der Waals surface area contributed by atoms with Crippen LogP contribution < -0.4 is 11.2 Å². The van der Waals surface area contributed by atoms with Crippen LogP contribution in [0.5, 0.6) is 0 Å². The van der Waals surface area contributed by atoms with E-state index in [0.717, 1.165) is 5.56 Å². The van der Waals surface area contributed by atoms with Crippen molar-refractivity contribution in [2.45, 2.75) is 38.0 Å². The zero-order valence-electron chi connectivity index (χ0n) is 10.3. The van der Waals surface area contributed by atoms with E-state index in [0.29, 0.717) is 23.1 Å². The lowest BCUT2D eigenvalue weighted by atomic mass is 9.82. The first kappa shape index (κ1) is 11.3. The topological polar surface area (TPSA) is 56.2 Å². The molecule has 94 valence electrons. The summed E-state index contributed by atoms with van der Waals surface area (Å²) in [6.45, 7) is 0. The third kappa shape index (κ3) is 1.90. The Morgan fingerprint density at radius 1 is 1.06 bits per heavy atom. The number of nitrogens with two attached hydrogens (primary N) is 1. The standard InChI is InChI=1S/C15H17NO2/c16-14-9-7-12-13(17)8-6-11(15(12)18-14)10-4-2-1-3-5-10/h6-10H,1-5,16H2. The number of nitrogen functional groups attached to an aromatic ring is 1. The zero-order valence-corrected chi connectivity index (χ0v) is 10.3. The van der Waals surface area contributed by atoms with Gasteiger partial charge in [-0.05, 0) is 42.5 Å². The van der Waals surface area contributed by atoms with E-state index in [-0.39, 0.29) is 5.43 Å². The number of hydrogen-bond acceptors (Lipinski definition) is 3. The van der Waals surface area contributed by atoms with Crippen LogP contribution in [0.25, 0.3) is 11.3 Å². The fourth-order valence-corrected chi connectivity index (χ4v) is 2.92. The van der Waals surface area contributed by atoms with Crippen molar-refractivity contribution in [1.29, 1.82) is 0 Å². The Morgan fingerprint density at radius 3 is 2.61 bits per heavy atom. The Bertz CT molecular complexity index is 582. The molecule has 3 aliphatic rings. The summed E-state index contributed by atoms with van der Waals surface area (Å²) in [4.78, 5) is 11.8. The minimum absolute atomic E-state index is 0.00769. The highest BCUT2D eigenvalue weighted by Gasteiger charge is 2.22. The van der Waals surface area contributed by atoms with E-state index >= 15 is 0 Å². The van der Waals surface area contributed by atoms with Crippen LogP contribution in [0.4, 0.5) is 5.88 Å². The van der Waals surface area contributed by atoms with Gasteiger partial charge in [-0.2, -0.15) is 0 Å². The molecule has 0 unspecified atom stereocenters. The predicted molar refractivity (Wildman–Crippen MR) is 71.8 cm³/mol. The van der Waals surface area contributed by atoms with Crippen LogP contribution >= 0.6 is 0 Å². The van der Waals surface area contributed by atoms with Gasteiger partial charge >= 0.3 is 0 Å². The lowest BCUT2D eigenvalue weighted by Gasteiger charge is -2.23. The molecule has 0 aromatic carbocycles. The fourth-order valence-electron chi connectivity index (χ4n) is 2.92. The molecular formula is C15H17NO2. The highest BCUT2D eigenvalue weighted by molar-refractivity contribution is 5.64. The molecule has 1 aliphatic heterocycles. The Balaban J connectivity index is 2.14. The van der Waals surface area contributed by atoms with Gasteiger partial charge < -0.3 is 10.2 Å². The molecule has 3 heteroatoms. The Labute approximate surface area is 106 Å². The van der Waals surface area contributed by atoms with Crippen LogP contribution in [0, 0.1) is 0 Å². The highest BCUT2D eigenvalue weighted by atomic mass is 16.3. The summed E-state index contributed by atoms with van der Waals surface area (Å²) in [6, 6.07) is 6.98. The van der Waals surface area contributed by atoms with Gasteiger partial charge in [0.1, 0.15) is 5.76 Å². The van der Waals surface area contributed by atoms with E-state index in [4.69, 9.17) is 10.2 Å². The first-order valence-corrected chi connectivity index (χ1v) is 6.58. The summed E-state index contributed by atoms with van der Waals surface area (Å²) >= 11 is 0. The maximum atomic E-state index is 11.8. The molecule has 0 saturated heterocycles. The first-order valence-electron chi connectivity index (χ1n) is 6.58. The van der Waals surface area contributed by atoms with Gasteiger partial charge in [0.05, 0.1) is 5.56 Å². The van der Waals surface area contributed by atoms with E-state index in [1.54, 1.807) is 18.2 Å². The van der Waals surface area contributed by atoms with Crippen LogP contribution in [-0.2, 0) is 0 Å². The van der Waals surface area contributed by atoms with Gasteiger partial charge in [-0.1, -0.05) is 25.3 Å². The van der Waals surface area contributed by atoms with Crippen molar-refractivity contribution >= 4 is 5.88 Å². The average molecular weight is 243 g/mol. The van der Waals surface area contributed by atoms with Gasteiger partial charge in [-0.25, -0.2) is 0 Å².